The molecule has 0 spiro atoms. The van der Waals surface area contributed by atoms with E-state index in [2.05, 4.69) is 20.4 Å². The Hall–Kier alpha value is -1.92. The third-order valence-corrected chi connectivity index (χ3v) is 5.54. The molecule has 1 aliphatic rings. The van der Waals surface area contributed by atoms with Gasteiger partial charge in [-0.15, -0.1) is 0 Å². The normalized spacial score (nSPS) is 18.4. The summed E-state index contributed by atoms with van der Waals surface area (Å²) in [6.45, 7) is 21.3. The Morgan fingerprint density at radius 2 is 1.76 bits per heavy atom. The van der Waals surface area contributed by atoms with E-state index < -0.39 is 24.0 Å². The first kappa shape index (κ1) is 32.1. The fraction of sp³-hybridized carbons (Fsp3) is 0.607. The molecule has 2 N–H and O–H groups in total. The molecule has 0 bridgehead atoms. The first-order valence-corrected chi connectivity index (χ1v) is 12.2. The topological polar surface area (TPSA) is 53.4 Å². The van der Waals surface area contributed by atoms with Gasteiger partial charge in [-0.3, -0.25) is 4.98 Å². The summed E-state index contributed by atoms with van der Waals surface area (Å²) >= 11 is 0. The lowest BCUT2D eigenvalue weighted by Gasteiger charge is -2.36. The van der Waals surface area contributed by atoms with Crippen LogP contribution in [0.25, 0.3) is 0 Å². The molecule has 1 heterocycles. The summed E-state index contributed by atoms with van der Waals surface area (Å²) < 4.78 is 39.0. The summed E-state index contributed by atoms with van der Waals surface area (Å²) in [7, 11) is 0. The number of nitrogens with zero attached hydrogens (tertiary/aromatic N) is 1. The van der Waals surface area contributed by atoms with Crippen molar-refractivity contribution in [1.82, 2.24) is 4.98 Å². The van der Waals surface area contributed by atoms with Crippen molar-refractivity contribution in [2.75, 3.05) is 0 Å². The second-order valence-corrected chi connectivity index (χ2v) is 9.12. The monoisotopic (exact) mass is 483 g/mol. The van der Waals surface area contributed by atoms with Crippen molar-refractivity contribution in [1.29, 1.82) is 0 Å². The molecular weight excluding hydrogens is 439 g/mol. The van der Waals surface area contributed by atoms with Crippen molar-refractivity contribution in [3.8, 4) is 0 Å². The fourth-order valence-corrected chi connectivity index (χ4v) is 4.22. The van der Waals surface area contributed by atoms with Crippen LogP contribution in [0.3, 0.4) is 0 Å². The van der Waals surface area contributed by atoms with Crippen molar-refractivity contribution >= 4 is 0 Å². The largest absolute Gasteiger partial charge is 0.416 e. The molecular formula is C28H44F3NO2. The molecule has 2 rings (SSSR count). The van der Waals surface area contributed by atoms with Crippen LogP contribution in [0.2, 0.25) is 0 Å². The van der Waals surface area contributed by atoms with Crippen molar-refractivity contribution in [2.24, 2.45) is 5.41 Å². The van der Waals surface area contributed by atoms with E-state index in [-0.39, 0.29) is 17.8 Å². The van der Waals surface area contributed by atoms with Crippen LogP contribution in [0, 0.1) is 12.3 Å². The summed E-state index contributed by atoms with van der Waals surface area (Å²) in [5.41, 5.74) is 2.81. The van der Waals surface area contributed by atoms with E-state index >= 15 is 0 Å². The van der Waals surface area contributed by atoms with Gasteiger partial charge >= 0.3 is 6.18 Å². The molecule has 0 radical (unpaired) electrons. The molecule has 6 heteroatoms. The fourth-order valence-electron chi connectivity index (χ4n) is 4.22. The van der Waals surface area contributed by atoms with Gasteiger partial charge in [0.05, 0.1) is 17.8 Å². The standard InChI is InChI=1S/C24H32F3NO2.2C2H6/c1-7-9-16(24(25,26)27)10-8-11-18(29)21-15(4)20-17(28-22(21)14(2)3)12-23(5,6)13-19(20)30;2*1-2/h7-10,14,18-19,29-30H,1,11-13H2,2-6H3;2*1-2H3/b10-8-,16-9+;;. The summed E-state index contributed by atoms with van der Waals surface area (Å²) in [5.74, 6) is 0.0243. The van der Waals surface area contributed by atoms with Gasteiger partial charge in [0.15, 0.2) is 0 Å². The number of hydrogen-bond donors (Lipinski definition) is 2. The molecule has 0 aliphatic heterocycles. The number of halogens is 3. The van der Waals surface area contributed by atoms with Crippen molar-refractivity contribution in [2.45, 2.75) is 106 Å². The van der Waals surface area contributed by atoms with E-state index in [9.17, 15) is 23.4 Å². The Morgan fingerprint density at radius 3 is 2.24 bits per heavy atom. The highest BCUT2D eigenvalue weighted by molar-refractivity contribution is 5.45. The summed E-state index contributed by atoms with van der Waals surface area (Å²) in [6.07, 6.45) is -0.589. The minimum Gasteiger partial charge on any atom is -0.388 e. The highest BCUT2D eigenvalue weighted by atomic mass is 19.4. The molecule has 0 aromatic carbocycles. The molecule has 3 nitrogen and oxygen atoms in total. The Labute approximate surface area is 204 Å². The molecule has 1 aromatic rings. The van der Waals surface area contributed by atoms with Crippen LogP contribution in [0.5, 0.6) is 0 Å². The summed E-state index contributed by atoms with van der Waals surface area (Å²) in [5, 5.41) is 21.6. The Kier molecular flexibility index (Phi) is 13.1. The average Bonchev–Trinajstić information content (AvgIpc) is 2.73. The van der Waals surface area contributed by atoms with E-state index in [0.29, 0.717) is 12.0 Å². The number of fused-ring (bicyclic) bond motifs is 1. The highest BCUT2D eigenvalue weighted by Gasteiger charge is 2.36. The number of allylic oxidation sites excluding steroid dienone is 4. The molecule has 1 aromatic heterocycles. The Morgan fingerprint density at radius 1 is 1.21 bits per heavy atom. The van der Waals surface area contributed by atoms with E-state index in [1.54, 1.807) is 0 Å². The molecule has 2 unspecified atom stereocenters. The maximum absolute atomic E-state index is 13.0. The van der Waals surface area contributed by atoms with Crippen LogP contribution in [-0.4, -0.2) is 21.4 Å². The summed E-state index contributed by atoms with van der Waals surface area (Å²) in [4.78, 5) is 4.80. The van der Waals surface area contributed by atoms with E-state index in [4.69, 9.17) is 4.98 Å². The number of aliphatic hydroxyl groups excluding tert-OH is 2. The zero-order chi connectivity index (χ0) is 26.9. The number of aromatic nitrogens is 1. The van der Waals surface area contributed by atoms with Crippen LogP contribution in [0.1, 0.15) is 114 Å². The lowest BCUT2D eigenvalue weighted by atomic mass is 9.72. The molecule has 34 heavy (non-hydrogen) atoms. The van der Waals surface area contributed by atoms with Gasteiger partial charge in [0.1, 0.15) is 0 Å². The first-order chi connectivity index (χ1) is 15.8. The summed E-state index contributed by atoms with van der Waals surface area (Å²) in [6, 6.07) is 0. The van der Waals surface area contributed by atoms with Gasteiger partial charge in [-0.25, -0.2) is 0 Å². The van der Waals surface area contributed by atoms with Gasteiger partial charge in [-0.05, 0) is 43.1 Å². The zero-order valence-corrected chi connectivity index (χ0v) is 22.3. The molecule has 0 saturated heterocycles. The van der Waals surface area contributed by atoms with Gasteiger partial charge in [0, 0.05) is 22.5 Å². The van der Waals surface area contributed by atoms with Crippen molar-refractivity contribution < 1.29 is 23.4 Å². The van der Waals surface area contributed by atoms with E-state index in [0.717, 1.165) is 47.2 Å². The molecule has 1 aliphatic carbocycles. The van der Waals surface area contributed by atoms with Gasteiger partial charge < -0.3 is 10.2 Å². The smallest absolute Gasteiger partial charge is 0.388 e. The third kappa shape index (κ3) is 8.38. The van der Waals surface area contributed by atoms with Crippen LogP contribution in [-0.2, 0) is 6.42 Å². The van der Waals surface area contributed by atoms with Crippen LogP contribution >= 0.6 is 0 Å². The Bertz CT molecular complexity index is 852. The SMILES string of the molecule is C=C/C=C(\C=C/CC(O)c1c(C(C)C)nc2c(c1C)C(O)CC(C)(C)C2)C(F)(F)F.CC.CC. The molecule has 0 fully saturated rings. The number of alkyl halides is 3. The number of pyridine rings is 1. The van der Waals surface area contributed by atoms with Gasteiger partial charge in [-0.1, -0.05) is 86.3 Å². The van der Waals surface area contributed by atoms with Gasteiger partial charge in [0.2, 0.25) is 0 Å². The molecule has 0 amide bonds. The maximum Gasteiger partial charge on any atom is 0.416 e. The second kappa shape index (κ2) is 13.8. The van der Waals surface area contributed by atoms with E-state index in [1.165, 1.54) is 6.08 Å². The predicted octanol–water partition coefficient (Wildman–Crippen LogP) is 8.23. The number of hydrogen-bond acceptors (Lipinski definition) is 3. The molecule has 2 atom stereocenters. The Balaban J connectivity index is 0.00000258. The van der Waals surface area contributed by atoms with Crippen LogP contribution < -0.4 is 0 Å². The number of aliphatic hydroxyl groups is 2. The van der Waals surface area contributed by atoms with Gasteiger partial charge in [0.25, 0.3) is 0 Å². The third-order valence-electron chi connectivity index (χ3n) is 5.54. The highest BCUT2D eigenvalue weighted by Crippen LogP contribution is 2.44. The quantitative estimate of drug-likeness (QED) is 0.401. The van der Waals surface area contributed by atoms with Crippen LogP contribution in [0.4, 0.5) is 13.2 Å². The molecule has 194 valence electrons. The minimum atomic E-state index is -4.49. The van der Waals surface area contributed by atoms with Crippen LogP contribution in [0.15, 0.2) is 36.5 Å². The zero-order valence-electron chi connectivity index (χ0n) is 22.3. The predicted molar refractivity (Wildman–Crippen MR) is 136 cm³/mol. The average molecular weight is 484 g/mol. The minimum absolute atomic E-state index is 0.00712. The lowest BCUT2D eigenvalue weighted by Crippen LogP contribution is -2.29. The lowest BCUT2D eigenvalue weighted by molar-refractivity contribution is -0.0882. The van der Waals surface area contributed by atoms with Crippen molar-refractivity contribution in [3.05, 3.63) is 64.5 Å². The maximum atomic E-state index is 13.0. The second-order valence-electron chi connectivity index (χ2n) is 9.12. The molecule has 0 saturated carbocycles. The number of rotatable bonds is 6. The first-order valence-electron chi connectivity index (χ1n) is 12.2. The van der Waals surface area contributed by atoms with Gasteiger partial charge in [-0.2, -0.15) is 13.2 Å². The van der Waals surface area contributed by atoms with E-state index in [1.807, 2.05) is 48.5 Å². The van der Waals surface area contributed by atoms with Crippen molar-refractivity contribution in [3.63, 3.8) is 0 Å².